The molecule has 0 unspecified atom stereocenters. The second-order valence-electron chi connectivity index (χ2n) is 7.97. The monoisotopic (exact) mass is 439 g/mol. The lowest BCUT2D eigenvalue weighted by Crippen LogP contribution is -2.29. The van der Waals surface area contributed by atoms with Gasteiger partial charge in [0.1, 0.15) is 5.75 Å². The molecule has 0 aliphatic carbocycles. The molecule has 6 heteroatoms. The van der Waals surface area contributed by atoms with Crippen molar-refractivity contribution in [3.05, 3.63) is 95.1 Å². The summed E-state index contributed by atoms with van der Waals surface area (Å²) in [6, 6.07) is 23.4. The molecule has 0 bridgehead atoms. The predicted molar refractivity (Wildman–Crippen MR) is 129 cm³/mol. The Balaban J connectivity index is 1.80. The van der Waals surface area contributed by atoms with Gasteiger partial charge < -0.3 is 14.8 Å². The molecule has 2 heterocycles. The van der Waals surface area contributed by atoms with Gasteiger partial charge in [-0.05, 0) is 61.4 Å². The number of hydrogen-bond donors (Lipinski definition) is 1. The van der Waals surface area contributed by atoms with Crippen LogP contribution in [0.1, 0.15) is 29.7 Å². The number of nitrogens with zero attached hydrogens (tertiary/aromatic N) is 2. The maximum absolute atomic E-state index is 13.4. The molecule has 166 valence electrons. The van der Waals surface area contributed by atoms with Gasteiger partial charge in [-0.15, -0.1) is 0 Å². The summed E-state index contributed by atoms with van der Waals surface area (Å²) in [7, 11) is 1.63. The summed E-state index contributed by atoms with van der Waals surface area (Å²) in [6.07, 6.45) is 0. The van der Waals surface area contributed by atoms with E-state index in [9.17, 15) is 4.79 Å². The second-order valence-corrected chi connectivity index (χ2v) is 7.97. The maximum Gasteiger partial charge on any atom is 0.338 e. The van der Waals surface area contributed by atoms with Crippen molar-refractivity contribution in [2.75, 3.05) is 19.0 Å². The second kappa shape index (κ2) is 8.47. The number of para-hydroxylation sites is 2. The average Bonchev–Trinajstić information content (AvgIpc) is 3.22. The van der Waals surface area contributed by atoms with Crippen LogP contribution in [0.25, 0.3) is 16.7 Å². The van der Waals surface area contributed by atoms with Gasteiger partial charge in [0, 0.05) is 0 Å². The normalized spacial score (nSPS) is 15.2. The lowest BCUT2D eigenvalue weighted by molar-refractivity contribution is -0.138. The minimum Gasteiger partial charge on any atom is -0.497 e. The summed E-state index contributed by atoms with van der Waals surface area (Å²) < 4.78 is 13.0. The van der Waals surface area contributed by atoms with E-state index in [1.54, 1.807) is 7.11 Å². The first kappa shape index (κ1) is 20.8. The minimum absolute atomic E-state index is 0.288. The molecule has 0 radical (unpaired) electrons. The molecule has 33 heavy (non-hydrogen) atoms. The number of ether oxygens (including phenoxy) is 2. The van der Waals surface area contributed by atoms with E-state index in [0.29, 0.717) is 17.2 Å². The molecule has 0 fully saturated rings. The smallest absolute Gasteiger partial charge is 0.338 e. The van der Waals surface area contributed by atoms with Gasteiger partial charge in [-0.2, -0.15) is 0 Å². The molecular weight excluding hydrogens is 414 g/mol. The number of imidazole rings is 1. The number of methoxy groups -OCH3 is 1. The van der Waals surface area contributed by atoms with E-state index in [1.807, 2.05) is 55.5 Å². The first-order valence-corrected chi connectivity index (χ1v) is 11.0. The van der Waals surface area contributed by atoms with Crippen molar-refractivity contribution in [3.8, 4) is 5.75 Å². The number of rotatable bonds is 5. The highest BCUT2D eigenvalue weighted by Gasteiger charge is 2.36. The van der Waals surface area contributed by atoms with Crippen LogP contribution in [0, 0.1) is 6.92 Å². The quantitative estimate of drug-likeness (QED) is 0.425. The molecule has 6 nitrogen and oxygen atoms in total. The Morgan fingerprint density at radius 3 is 2.45 bits per heavy atom. The molecule has 1 N–H and O–H groups in total. The Bertz CT molecular complexity index is 1350. The van der Waals surface area contributed by atoms with Crippen LogP contribution in [-0.2, 0) is 9.53 Å². The standard InChI is InChI=1S/C27H25N3O3/c1-4-33-26(31)23-24(18-13-15-20(32-3)16-14-18)29-27-28-21-7-5-6-8-22(21)30(27)25(23)19-11-9-17(2)10-12-19/h5-16,25H,4H2,1-3H3,(H,28,29)/t25-/m0/s1. The van der Waals surface area contributed by atoms with Crippen molar-refractivity contribution in [3.63, 3.8) is 0 Å². The lowest BCUT2D eigenvalue weighted by atomic mass is 9.92. The number of fused-ring (bicyclic) bond motifs is 3. The van der Waals surface area contributed by atoms with E-state index in [2.05, 4.69) is 41.1 Å². The third-order valence-electron chi connectivity index (χ3n) is 5.90. The Labute approximate surface area is 192 Å². The topological polar surface area (TPSA) is 65.4 Å². The van der Waals surface area contributed by atoms with Crippen molar-refractivity contribution in [1.82, 2.24) is 9.55 Å². The van der Waals surface area contributed by atoms with Gasteiger partial charge in [0.2, 0.25) is 5.95 Å². The molecule has 1 aliphatic heterocycles. The number of aromatic nitrogens is 2. The highest BCUT2D eigenvalue weighted by Crippen LogP contribution is 2.42. The summed E-state index contributed by atoms with van der Waals surface area (Å²) in [6.45, 7) is 4.16. The van der Waals surface area contributed by atoms with Crippen molar-refractivity contribution in [2.24, 2.45) is 0 Å². The van der Waals surface area contributed by atoms with Crippen molar-refractivity contribution in [2.45, 2.75) is 19.9 Å². The number of anilines is 1. The Hall–Kier alpha value is -4.06. The van der Waals surface area contributed by atoms with Crippen LogP contribution in [-0.4, -0.2) is 29.2 Å². The summed E-state index contributed by atoms with van der Waals surface area (Å²) in [4.78, 5) is 18.3. The van der Waals surface area contributed by atoms with Gasteiger partial charge in [0.15, 0.2) is 0 Å². The highest BCUT2D eigenvalue weighted by molar-refractivity contribution is 6.03. The number of carbonyl (C=O) groups is 1. The number of benzene rings is 3. The summed E-state index contributed by atoms with van der Waals surface area (Å²) in [5.41, 5.74) is 6.03. The van der Waals surface area contributed by atoms with Crippen LogP contribution < -0.4 is 10.1 Å². The number of nitrogens with one attached hydrogen (secondary N) is 1. The lowest BCUT2D eigenvalue weighted by Gasteiger charge is -2.31. The molecule has 4 aromatic rings. The zero-order chi connectivity index (χ0) is 22.9. The largest absolute Gasteiger partial charge is 0.497 e. The van der Waals surface area contributed by atoms with Crippen LogP contribution >= 0.6 is 0 Å². The molecule has 1 aliphatic rings. The molecular formula is C27H25N3O3. The van der Waals surface area contributed by atoms with Gasteiger partial charge in [0.05, 0.1) is 42.1 Å². The molecule has 1 aromatic heterocycles. The van der Waals surface area contributed by atoms with Gasteiger partial charge in [-0.3, -0.25) is 4.57 Å². The van der Waals surface area contributed by atoms with Crippen LogP contribution in [0.15, 0.2) is 78.4 Å². The molecule has 3 aromatic carbocycles. The van der Waals surface area contributed by atoms with Gasteiger partial charge in [0.25, 0.3) is 0 Å². The fourth-order valence-corrected chi connectivity index (χ4v) is 4.31. The van der Waals surface area contributed by atoms with Gasteiger partial charge >= 0.3 is 5.97 Å². The molecule has 5 rings (SSSR count). The SMILES string of the molecule is CCOC(=O)C1=C(c2ccc(OC)cc2)Nc2nc3ccccc3n2[C@H]1c1ccc(C)cc1. The molecule has 0 saturated heterocycles. The van der Waals surface area contributed by atoms with Gasteiger partial charge in [-0.1, -0.05) is 42.0 Å². The minimum atomic E-state index is -0.398. The van der Waals surface area contributed by atoms with Gasteiger partial charge in [-0.25, -0.2) is 9.78 Å². The number of carbonyl (C=O) groups excluding carboxylic acids is 1. The third kappa shape index (κ3) is 3.63. The average molecular weight is 440 g/mol. The van der Waals surface area contributed by atoms with E-state index in [0.717, 1.165) is 33.5 Å². The van der Waals surface area contributed by atoms with E-state index < -0.39 is 6.04 Å². The van der Waals surface area contributed by atoms with Crippen LogP contribution in [0.4, 0.5) is 5.95 Å². The van der Waals surface area contributed by atoms with Crippen molar-refractivity contribution < 1.29 is 14.3 Å². The van der Waals surface area contributed by atoms with E-state index >= 15 is 0 Å². The van der Waals surface area contributed by atoms with Crippen LogP contribution in [0.3, 0.4) is 0 Å². The predicted octanol–water partition coefficient (Wildman–Crippen LogP) is 5.34. The summed E-state index contributed by atoms with van der Waals surface area (Å²) in [5, 5.41) is 3.43. The zero-order valence-electron chi connectivity index (χ0n) is 18.8. The van der Waals surface area contributed by atoms with Crippen molar-refractivity contribution in [1.29, 1.82) is 0 Å². The fraction of sp³-hybridized carbons (Fsp3) is 0.185. The summed E-state index contributed by atoms with van der Waals surface area (Å²) >= 11 is 0. The molecule has 0 saturated carbocycles. The van der Waals surface area contributed by atoms with E-state index in [-0.39, 0.29) is 12.6 Å². The fourth-order valence-electron chi connectivity index (χ4n) is 4.31. The Kier molecular flexibility index (Phi) is 5.34. The number of esters is 1. The third-order valence-corrected chi connectivity index (χ3v) is 5.90. The number of aryl methyl sites for hydroxylation is 1. The van der Waals surface area contributed by atoms with E-state index in [4.69, 9.17) is 14.5 Å². The summed E-state index contributed by atoms with van der Waals surface area (Å²) in [5.74, 6) is 1.07. The van der Waals surface area contributed by atoms with Crippen LogP contribution in [0.2, 0.25) is 0 Å². The maximum atomic E-state index is 13.4. The highest BCUT2D eigenvalue weighted by atomic mass is 16.5. The molecule has 1 atom stereocenters. The first-order valence-electron chi connectivity index (χ1n) is 11.0. The van der Waals surface area contributed by atoms with Crippen LogP contribution in [0.5, 0.6) is 5.75 Å². The number of hydrogen-bond acceptors (Lipinski definition) is 5. The molecule has 0 amide bonds. The van der Waals surface area contributed by atoms with E-state index in [1.165, 1.54) is 0 Å². The Morgan fingerprint density at radius 2 is 1.76 bits per heavy atom. The molecule has 0 spiro atoms. The zero-order valence-corrected chi connectivity index (χ0v) is 18.8. The Morgan fingerprint density at radius 1 is 1.03 bits per heavy atom. The first-order chi connectivity index (χ1) is 16.1. The van der Waals surface area contributed by atoms with Crippen molar-refractivity contribution >= 4 is 28.6 Å².